The van der Waals surface area contributed by atoms with Crippen molar-refractivity contribution in [2.24, 2.45) is 5.41 Å². The highest BCUT2D eigenvalue weighted by atomic mass is 35.5. The molecule has 1 aliphatic carbocycles. The van der Waals surface area contributed by atoms with Crippen LogP contribution >= 0.6 is 11.6 Å². The molecule has 6 amide bonds. The predicted molar refractivity (Wildman–Crippen MR) is 193 cm³/mol. The molecule has 0 aromatic heterocycles. The highest BCUT2D eigenvalue weighted by Gasteiger charge is 2.51. The van der Waals surface area contributed by atoms with Gasteiger partial charge in [-0.15, -0.1) is 0 Å². The third kappa shape index (κ3) is 6.19. The molecule has 0 radical (unpaired) electrons. The van der Waals surface area contributed by atoms with Crippen LogP contribution in [-0.2, 0) is 40.4 Å². The Morgan fingerprint density at radius 3 is 2.31 bits per heavy atom. The normalized spacial score (nSPS) is 22.8. The van der Waals surface area contributed by atoms with Gasteiger partial charge in [-0.3, -0.25) is 43.9 Å². The van der Waals surface area contributed by atoms with Gasteiger partial charge in [0.25, 0.3) is 17.7 Å². The van der Waals surface area contributed by atoms with E-state index in [0.29, 0.717) is 60.9 Å². The number of hydrogen-bond acceptors (Lipinski definition) is 9. The molecule has 276 valence electrons. The van der Waals surface area contributed by atoms with E-state index in [0.717, 1.165) is 27.2 Å². The summed E-state index contributed by atoms with van der Waals surface area (Å²) in [6.45, 7) is 6.07. The number of rotatable bonds is 7. The quantitative estimate of drug-likeness (QED) is 0.344. The second kappa shape index (κ2) is 13.4. The molecule has 54 heavy (non-hydrogen) atoms. The maximum atomic E-state index is 13.5. The minimum Gasteiger partial charge on any atom is -0.490 e. The molecule has 1 saturated heterocycles. The Hall–Kier alpha value is -5.58. The van der Waals surface area contributed by atoms with Crippen molar-refractivity contribution < 1.29 is 33.5 Å². The Labute approximate surface area is 316 Å². The van der Waals surface area contributed by atoms with E-state index < -0.39 is 29.7 Å². The summed E-state index contributed by atoms with van der Waals surface area (Å²) in [7, 11) is 0. The molecule has 14 heteroatoms. The van der Waals surface area contributed by atoms with Gasteiger partial charge < -0.3 is 15.0 Å². The van der Waals surface area contributed by atoms with Crippen molar-refractivity contribution in [2.75, 3.05) is 13.1 Å². The van der Waals surface area contributed by atoms with Gasteiger partial charge in [0.05, 0.1) is 28.3 Å². The zero-order valence-corrected chi connectivity index (χ0v) is 30.5. The Kier molecular flexibility index (Phi) is 8.78. The molecule has 5 aliphatic rings. The summed E-state index contributed by atoms with van der Waals surface area (Å²) in [5.41, 5.74) is 4.80. The van der Waals surface area contributed by atoms with Gasteiger partial charge in [0, 0.05) is 62.1 Å². The second-order valence-electron chi connectivity index (χ2n) is 15.3. The van der Waals surface area contributed by atoms with Gasteiger partial charge in [-0.1, -0.05) is 31.5 Å². The minimum absolute atomic E-state index is 0.0359. The molecule has 1 saturated carbocycles. The lowest BCUT2D eigenvalue weighted by Crippen LogP contribution is -2.63. The molecule has 3 aromatic rings. The van der Waals surface area contributed by atoms with E-state index in [1.54, 1.807) is 36.4 Å². The lowest BCUT2D eigenvalue weighted by Gasteiger charge is -2.51. The average Bonchev–Trinajstić information content (AvgIpc) is 3.65. The standard InChI is InChI=1S/C40H37ClN6O7/c1-40(2)32(15-33(40)54-27-6-5-23(16-42)30(41)14-27)43-36(50)22-3-4-24-19-46(10-9-21(24)11-22)35(49)20-45-17-25-12-28-29(13-26(25)18-45)39(53)47(38(28)52)31-7-8-34(48)44-37(31)51/h3-6,11-14,31-33H,7-10,15,17-20H2,1-2H3,(H,43,50)(H,44,48,51)/t31?,32-,33-/m0/s1. The molecule has 0 bridgehead atoms. The van der Waals surface area contributed by atoms with Crippen LogP contribution in [0, 0.1) is 16.7 Å². The third-order valence-corrected chi connectivity index (χ3v) is 11.9. The summed E-state index contributed by atoms with van der Waals surface area (Å²) < 4.78 is 6.15. The number of halogens is 1. The zero-order valence-electron chi connectivity index (χ0n) is 29.7. The highest BCUT2D eigenvalue weighted by Crippen LogP contribution is 2.44. The van der Waals surface area contributed by atoms with E-state index >= 15 is 0 Å². The summed E-state index contributed by atoms with van der Waals surface area (Å²) in [6, 6.07) is 14.9. The topological polar surface area (TPSA) is 169 Å². The van der Waals surface area contributed by atoms with Crippen LogP contribution < -0.4 is 15.4 Å². The number of amides is 6. The maximum Gasteiger partial charge on any atom is 0.262 e. The van der Waals surface area contributed by atoms with Crippen molar-refractivity contribution in [3.63, 3.8) is 0 Å². The van der Waals surface area contributed by atoms with Crippen LogP contribution in [0.15, 0.2) is 48.5 Å². The molecular weight excluding hydrogens is 712 g/mol. The number of benzene rings is 3. The molecule has 1 unspecified atom stereocenters. The predicted octanol–water partition coefficient (Wildman–Crippen LogP) is 3.49. The number of fused-ring (bicyclic) bond motifs is 3. The lowest BCUT2D eigenvalue weighted by molar-refractivity contribution is -0.136. The van der Waals surface area contributed by atoms with Gasteiger partial charge in [-0.05, 0) is 71.5 Å². The van der Waals surface area contributed by atoms with Crippen molar-refractivity contribution in [3.05, 3.63) is 98.1 Å². The van der Waals surface area contributed by atoms with E-state index in [4.69, 9.17) is 21.6 Å². The molecule has 2 fully saturated rings. The van der Waals surface area contributed by atoms with Gasteiger partial charge in [-0.2, -0.15) is 5.26 Å². The van der Waals surface area contributed by atoms with Crippen molar-refractivity contribution >= 4 is 47.0 Å². The third-order valence-electron chi connectivity index (χ3n) is 11.6. The molecule has 0 spiro atoms. The Morgan fingerprint density at radius 1 is 0.944 bits per heavy atom. The first-order chi connectivity index (χ1) is 25.8. The van der Waals surface area contributed by atoms with E-state index in [-0.39, 0.29) is 59.9 Å². The van der Waals surface area contributed by atoms with Crippen LogP contribution in [0.4, 0.5) is 0 Å². The summed E-state index contributed by atoms with van der Waals surface area (Å²) in [4.78, 5) is 82.1. The van der Waals surface area contributed by atoms with E-state index in [1.807, 2.05) is 41.8 Å². The first kappa shape index (κ1) is 35.4. The number of hydrogen-bond donors (Lipinski definition) is 2. The molecule has 13 nitrogen and oxygen atoms in total. The first-order valence-corrected chi connectivity index (χ1v) is 18.3. The summed E-state index contributed by atoms with van der Waals surface area (Å²) in [5, 5.41) is 14.8. The number of ether oxygens (including phenoxy) is 1. The van der Waals surface area contributed by atoms with E-state index in [1.165, 1.54) is 0 Å². The molecule has 4 heterocycles. The number of carbonyl (C=O) groups is 6. The van der Waals surface area contributed by atoms with Crippen LogP contribution in [0.1, 0.15) is 92.0 Å². The fraction of sp³-hybridized carbons (Fsp3) is 0.375. The Morgan fingerprint density at radius 2 is 1.67 bits per heavy atom. The van der Waals surface area contributed by atoms with Gasteiger partial charge in [-0.25, -0.2) is 0 Å². The number of nitrogens with zero attached hydrogens (tertiary/aromatic N) is 4. The fourth-order valence-corrected chi connectivity index (χ4v) is 8.36. The number of nitriles is 1. The largest absolute Gasteiger partial charge is 0.490 e. The maximum absolute atomic E-state index is 13.5. The zero-order chi connectivity index (χ0) is 38.1. The van der Waals surface area contributed by atoms with Crippen LogP contribution in [0.5, 0.6) is 5.75 Å². The van der Waals surface area contributed by atoms with Crippen molar-refractivity contribution in [1.82, 2.24) is 25.3 Å². The number of nitrogens with one attached hydrogen (secondary N) is 2. The minimum atomic E-state index is -1.02. The number of imide groups is 2. The smallest absolute Gasteiger partial charge is 0.262 e. The van der Waals surface area contributed by atoms with E-state index in [9.17, 15) is 28.8 Å². The van der Waals surface area contributed by atoms with Gasteiger partial charge in [0.2, 0.25) is 17.7 Å². The molecule has 3 atom stereocenters. The van der Waals surface area contributed by atoms with Crippen LogP contribution in [0.25, 0.3) is 0 Å². The first-order valence-electron chi connectivity index (χ1n) is 18.0. The fourth-order valence-electron chi connectivity index (χ4n) is 8.14. The van der Waals surface area contributed by atoms with Gasteiger partial charge in [0.15, 0.2) is 0 Å². The van der Waals surface area contributed by atoms with Crippen LogP contribution in [0.3, 0.4) is 0 Å². The SMILES string of the molecule is CC1(C)[C@@H](NC(=O)c2ccc3c(c2)CCN(C(=O)CN2Cc4cc5c(cc4C2)C(=O)N(C2CCC(=O)NC2=O)C5=O)C3)C[C@@H]1Oc1ccc(C#N)c(Cl)c1. The van der Waals surface area contributed by atoms with Crippen LogP contribution in [-0.4, -0.2) is 81.4 Å². The Bertz CT molecular complexity index is 2180. The molecule has 2 N–H and O–H groups in total. The lowest BCUT2D eigenvalue weighted by atomic mass is 9.64. The van der Waals surface area contributed by atoms with Gasteiger partial charge >= 0.3 is 0 Å². The van der Waals surface area contributed by atoms with Gasteiger partial charge in [0.1, 0.15) is 24.0 Å². The summed E-state index contributed by atoms with van der Waals surface area (Å²) in [5.74, 6) is -1.79. The summed E-state index contributed by atoms with van der Waals surface area (Å²) >= 11 is 6.17. The average molecular weight is 749 g/mol. The molecular formula is C40H37ClN6O7. The monoisotopic (exact) mass is 748 g/mol. The van der Waals surface area contributed by atoms with Crippen LogP contribution in [0.2, 0.25) is 5.02 Å². The van der Waals surface area contributed by atoms with E-state index in [2.05, 4.69) is 10.6 Å². The highest BCUT2D eigenvalue weighted by molar-refractivity contribution is 6.31. The van der Waals surface area contributed by atoms with Crippen molar-refractivity contribution in [3.8, 4) is 11.8 Å². The number of carbonyl (C=O) groups excluding carboxylic acids is 6. The molecule has 4 aliphatic heterocycles. The van der Waals surface area contributed by atoms with Crippen molar-refractivity contribution in [2.45, 2.75) is 77.4 Å². The van der Waals surface area contributed by atoms with Crippen molar-refractivity contribution in [1.29, 1.82) is 5.26 Å². The summed E-state index contributed by atoms with van der Waals surface area (Å²) in [6.07, 6.45) is 1.25. The number of piperidine rings is 1. The Balaban J connectivity index is 0.844. The second-order valence-corrected chi connectivity index (χ2v) is 15.7. The molecule has 8 rings (SSSR count). The molecule has 3 aromatic carbocycles.